The van der Waals surface area contributed by atoms with Crippen LogP contribution in [-0.4, -0.2) is 27.6 Å². The molecule has 1 unspecified atom stereocenters. The van der Waals surface area contributed by atoms with Crippen molar-refractivity contribution in [2.45, 2.75) is 25.8 Å². The van der Waals surface area contributed by atoms with Crippen molar-refractivity contribution in [3.8, 4) is 0 Å². The zero-order valence-corrected chi connectivity index (χ0v) is 13.0. The molecule has 1 aliphatic heterocycles. The van der Waals surface area contributed by atoms with Crippen LogP contribution in [0.25, 0.3) is 0 Å². The number of aromatic nitrogens is 3. The van der Waals surface area contributed by atoms with Gasteiger partial charge in [-0.05, 0) is 53.9 Å². The maximum Gasteiger partial charge on any atom is 0.297 e. The van der Waals surface area contributed by atoms with Crippen LogP contribution in [0.5, 0.6) is 0 Å². The Hall–Kier alpha value is -1.80. The first-order valence-electron chi connectivity index (χ1n) is 6.64. The van der Waals surface area contributed by atoms with E-state index >= 15 is 0 Å². The minimum Gasteiger partial charge on any atom is -0.337 e. The molecule has 110 valence electrons. The summed E-state index contributed by atoms with van der Waals surface area (Å²) >= 11 is 3.31. The molecule has 21 heavy (non-hydrogen) atoms. The van der Waals surface area contributed by atoms with Gasteiger partial charge < -0.3 is 15.2 Å². The highest BCUT2D eigenvalue weighted by Crippen LogP contribution is 2.21. The van der Waals surface area contributed by atoms with Crippen molar-refractivity contribution < 1.29 is 9.32 Å². The molecule has 3 heterocycles. The van der Waals surface area contributed by atoms with Crippen LogP contribution in [0.2, 0.25) is 0 Å². The van der Waals surface area contributed by atoms with Crippen molar-refractivity contribution >= 4 is 27.5 Å². The van der Waals surface area contributed by atoms with Gasteiger partial charge in [-0.25, -0.2) is 4.98 Å². The van der Waals surface area contributed by atoms with Gasteiger partial charge in [-0.15, -0.1) is 0 Å². The molecule has 1 saturated heterocycles. The maximum atomic E-state index is 12.1. The number of nitrogens with zero attached hydrogens (tertiary/aromatic N) is 3. The lowest BCUT2D eigenvalue weighted by molar-refractivity contribution is 0.101. The summed E-state index contributed by atoms with van der Waals surface area (Å²) in [6.45, 7) is 2.82. The van der Waals surface area contributed by atoms with E-state index in [1.54, 1.807) is 6.20 Å². The van der Waals surface area contributed by atoms with E-state index < -0.39 is 5.91 Å². The molecular weight excluding hydrogens is 338 g/mol. The number of nitrogens with one attached hydrogen (secondary N) is 2. The summed E-state index contributed by atoms with van der Waals surface area (Å²) in [5, 5.41) is 9.68. The molecule has 7 nitrogen and oxygen atoms in total. The minimum absolute atomic E-state index is 0.0271. The van der Waals surface area contributed by atoms with Crippen molar-refractivity contribution in [2.24, 2.45) is 0 Å². The second-order valence-electron chi connectivity index (χ2n) is 4.89. The Balaban J connectivity index is 1.71. The summed E-state index contributed by atoms with van der Waals surface area (Å²) in [5.41, 5.74) is 1.52. The van der Waals surface area contributed by atoms with Gasteiger partial charge in [-0.1, -0.05) is 5.16 Å². The molecule has 0 aromatic carbocycles. The normalized spacial score (nSPS) is 17.9. The predicted molar refractivity (Wildman–Crippen MR) is 78.9 cm³/mol. The van der Waals surface area contributed by atoms with Crippen molar-refractivity contribution in [1.29, 1.82) is 0 Å². The third kappa shape index (κ3) is 3.11. The zero-order valence-electron chi connectivity index (χ0n) is 11.4. The van der Waals surface area contributed by atoms with Gasteiger partial charge >= 0.3 is 0 Å². The molecule has 2 aromatic rings. The summed E-state index contributed by atoms with van der Waals surface area (Å²) < 4.78 is 5.89. The smallest absolute Gasteiger partial charge is 0.297 e. The molecule has 1 fully saturated rings. The highest BCUT2D eigenvalue weighted by atomic mass is 79.9. The van der Waals surface area contributed by atoms with E-state index in [0.717, 1.165) is 29.6 Å². The molecule has 0 aliphatic carbocycles. The quantitative estimate of drug-likeness (QED) is 0.823. The lowest BCUT2D eigenvalue weighted by Gasteiger charge is -2.04. The summed E-state index contributed by atoms with van der Waals surface area (Å²) in [5.74, 6) is 0.0774. The van der Waals surface area contributed by atoms with Gasteiger partial charge in [0.25, 0.3) is 11.7 Å². The van der Waals surface area contributed by atoms with Crippen LogP contribution < -0.4 is 10.6 Å². The second kappa shape index (κ2) is 5.90. The molecule has 1 aliphatic rings. The number of amides is 1. The molecule has 0 bridgehead atoms. The predicted octanol–water partition coefficient (Wildman–Crippen LogP) is 2.21. The van der Waals surface area contributed by atoms with Gasteiger partial charge in [0.15, 0.2) is 0 Å². The zero-order chi connectivity index (χ0) is 14.8. The first-order valence-corrected chi connectivity index (χ1v) is 7.43. The number of aryl methyl sites for hydroxylation is 1. The van der Waals surface area contributed by atoms with Gasteiger partial charge in [0.1, 0.15) is 4.60 Å². The van der Waals surface area contributed by atoms with Crippen LogP contribution in [0.4, 0.5) is 5.69 Å². The summed E-state index contributed by atoms with van der Waals surface area (Å²) in [6, 6.07) is 1.87. The highest BCUT2D eigenvalue weighted by molar-refractivity contribution is 9.10. The van der Waals surface area contributed by atoms with Crippen LogP contribution in [0.1, 0.15) is 41.0 Å². The molecule has 8 heteroatoms. The van der Waals surface area contributed by atoms with E-state index in [2.05, 4.69) is 41.7 Å². The van der Waals surface area contributed by atoms with Crippen LogP contribution in [0, 0.1) is 6.92 Å². The molecule has 0 radical (unpaired) electrons. The number of hydrogen-bond acceptors (Lipinski definition) is 6. The third-order valence-corrected chi connectivity index (χ3v) is 4.11. The van der Waals surface area contributed by atoms with Gasteiger partial charge in [0.05, 0.1) is 17.9 Å². The minimum atomic E-state index is -0.411. The summed E-state index contributed by atoms with van der Waals surface area (Å²) in [7, 11) is 0. The fraction of sp³-hybridized carbons (Fsp3) is 0.385. The molecule has 3 rings (SSSR count). The van der Waals surface area contributed by atoms with E-state index in [0.29, 0.717) is 11.6 Å². The average molecular weight is 352 g/mol. The highest BCUT2D eigenvalue weighted by Gasteiger charge is 2.24. The summed E-state index contributed by atoms with van der Waals surface area (Å²) in [4.78, 5) is 20.4. The molecule has 1 atom stereocenters. The average Bonchev–Trinajstić information content (AvgIpc) is 3.12. The van der Waals surface area contributed by atoms with E-state index in [-0.39, 0.29) is 11.9 Å². The number of anilines is 1. The van der Waals surface area contributed by atoms with E-state index in [4.69, 9.17) is 4.52 Å². The van der Waals surface area contributed by atoms with Crippen LogP contribution in [0.15, 0.2) is 21.4 Å². The first-order chi connectivity index (χ1) is 10.1. The third-order valence-electron chi connectivity index (χ3n) is 3.28. The SMILES string of the molecule is Cc1cc(NC(=O)c2noc(C3CCCN3)n2)cnc1Br. The Kier molecular flexibility index (Phi) is 3.98. The molecule has 0 saturated carbocycles. The van der Waals surface area contributed by atoms with Gasteiger partial charge in [0, 0.05) is 0 Å². The molecule has 1 amide bonds. The molecule has 2 aromatic heterocycles. The molecule has 2 N–H and O–H groups in total. The number of halogens is 1. The van der Waals surface area contributed by atoms with Crippen molar-refractivity contribution in [1.82, 2.24) is 20.4 Å². The lowest BCUT2D eigenvalue weighted by atomic mass is 10.2. The number of pyridine rings is 1. The fourth-order valence-electron chi connectivity index (χ4n) is 2.18. The maximum absolute atomic E-state index is 12.1. The fourth-order valence-corrected chi connectivity index (χ4v) is 2.39. The number of carbonyl (C=O) groups is 1. The van der Waals surface area contributed by atoms with Crippen LogP contribution in [-0.2, 0) is 0 Å². The Bertz CT molecular complexity index is 666. The molecule has 0 spiro atoms. The largest absolute Gasteiger partial charge is 0.337 e. The van der Waals surface area contributed by atoms with E-state index in [9.17, 15) is 4.79 Å². The van der Waals surface area contributed by atoms with Crippen LogP contribution >= 0.6 is 15.9 Å². The Morgan fingerprint density at radius 1 is 1.57 bits per heavy atom. The van der Waals surface area contributed by atoms with Crippen molar-refractivity contribution in [2.75, 3.05) is 11.9 Å². The van der Waals surface area contributed by atoms with Crippen molar-refractivity contribution in [3.63, 3.8) is 0 Å². The Morgan fingerprint density at radius 2 is 2.43 bits per heavy atom. The number of carbonyl (C=O) groups excluding carboxylic acids is 1. The van der Waals surface area contributed by atoms with Crippen molar-refractivity contribution in [3.05, 3.63) is 34.1 Å². The van der Waals surface area contributed by atoms with Gasteiger partial charge in [-0.2, -0.15) is 4.98 Å². The second-order valence-corrected chi connectivity index (χ2v) is 5.64. The number of rotatable bonds is 3. The monoisotopic (exact) mass is 351 g/mol. The Labute approximate surface area is 129 Å². The van der Waals surface area contributed by atoms with E-state index in [1.807, 2.05) is 13.0 Å². The van der Waals surface area contributed by atoms with Crippen LogP contribution in [0.3, 0.4) is 0 Å². The van der Waals surface area contributed by atoms with Gasteiger partial charge in [-0.3, -0.25) is 4.79 Å². The standard InChI is InChI=1S/C13H14BrN5O2/c1-7-5-8(6-16-10(7)14)17-12(20)11-18-13(21-19-11)9-3-2-4-15-9/h5-6,9,15H,2-4H2,1H3,(H,17,20). The Morgan fingerprint density at radius 3 is 3.14 bits per heavy atom. The van der Waals surface area contributed by atoms with E-state index in [1.165, 1.54) is 0 Å². The van der Waals surface area contributed by atoms with Gasteiger partial charge in [0.2, 0.25) is 5.89 Å². The number of hydrogen-bond donors (Lipinski definition) is 2. The topological polar surface area (TPSA) is 92.9 Å². The first kappa shape index (κ1) is 14.2. The lowest BCUT2D eigenvalue weighted by Crippen LogP contribution is -2.16. The molecular formula is C13H14BrN5O2. The summed E-state index contributed by atoms with van der Waals surface area (Å²) in [6.07, 6.45) is 3.58.